The van der Waals surface area contributed by atoms with Crippen LogP contribution in [0.1, 0.15) is 77.0 Å². The minimum absolute atomic E-state index is 0.177. The van der Waals surface area contributed by atoms with Gasteiger partial charge in [-0.1, -0.05) is 32.1 Å². The Morgan fingerprint density at radius 2 is 1.31 bits per heavy atom. The molecule has 5 nitrogen and oxygen atoms in total. The van der Waals surface area contributed by atoms with Crippen molar-refractivity contribution in [2.24, 2.45) is 5.92 Å². The lowest BCUT2D eigenvalue weighted by molar-refractivity contribution is -0.138. The molecule has 26 heavy (non-hydrogen) atoms. The number of carbonyl (C=O) groups is 2. The van der Waals surface area contributed by atoms with Crippen LogP contribution >= 0.6 is 0 Å². The Labute approximate surface area is 158 Å². The minimum Gasteiger partial charge on any atom is -0.352 e. The molecule has 1 saturated carbocycles. The number of amides is 2. The zero-order valence-corrected chi connectivity index (χ0v) is 16.4. The van der Waals surface area contributed by atoms with Gasteiger partial charge in [0.25, 0.3) is 0 Å². The van der Waals surface area contributed by atoms with Gasteiger partial charge in [0, 0.05) is 25.0 Å². The molecule has 0 aromatic carbocycles. The van der Waals surface area contributed by atoms with E-state index in [1.807, 2.05) is 0 Å². The highest BCUT2D eigenvalue weighted by Gasteiger charge is 2.29. The lowest BCUT2D eigenvalue weighted by Crippen LogP contribution is -2.47. The molecule has 1 N–H and O–H groups in total. The standard InChI is InChI=1S/C21H37N3O2/c25-20(22-19-9-5-2-1-3-6-10-19)17-23-15-11-18(12-16-23)21(26)24-13-7-4-8-14-24/h18-19H,1-17H2,(H,22,25). The maximum atomic E-state index is 12.6. The number of nitrogens with zero attached hydrogens (tertiary/aromatic N) is 2. The van der Waals surface area contributed by atoms with Crippen molar-refractivity contribution in [3.05, 3.63) is 0 Å². The third-order valence-electron chi connectivity index (χ3n) is 6.44. The molecular weight excluding hydrogens is 326 g/mol. The quantitative estimate of drug-likeness (QED) is 0.835. The fourth-order valence-electron chi connectivity index (χ4n) is 4.79. The Bertz CT molecular complexity index is 446. The first-order chi connectivity index (χ1) is 12.7. The molecule has 3 aliphatic rings. The van der Waals surface area contributed by atoms with E-state index in [4.69, 9.17) is 0 Å². The normalized spacial score (nSPS) is 24.7. The van der Waals surface area contributed by atoms with Crippen molar-refractivity contribution in [3.8, 4) is 0 Å². The van der Waals surface area contributed by atoms with Crippen molar-refractivity contribution < 1.29 is 9.59 Å². The van der Waals surface area contributed by atoms with Gasteiger partial charge < -0.3 is 10.2 Å². The molecule has 0 radical (unpaired) electrons. The number of likely N-dealkylation sites (tertiary alicyclic amines) is 2. The highest BCUT2D eigenvalue weighted by molar-refractivity contribution is 5.79. The molecule has 2 heterocycles. The Morgan fingerprint density at radius 3 is 1.96 bits per heavy atom. The molecule has 0 spiro atoms. The van der Waals surface area contributed by atoms with E-state index < -0.39 is 0 Å². The van der Waals surface area contributed by atoms with Crippen molar-refractivity contribution in [2.75, 3.05) is 32.7 Å². The maximum absolute atomic E-state index is 12.6. The van der Waals surface area contributed by atoms with Gasteiger partial charge in [0.2, 0.25) is 11.8 Å². The van der Waals surface area contributed by atoms with Gasteiger partial charge in [0.1, 0.15) is 0 Å². The van der Waals surface area contributed by atoms with Crippen LogP contribution in [-0.2, 0) is 9.59 Å². The minimum atomic E-state index is 0.177. The van der Waals surface area contributed by atoms with Gasteiger partial charge in [0.15, 0.2) is 0 Å². The Balaban J connectivity index is 1.36. The SMILES string of the molecule is O=C(CN1CCC(C(=O)N2CCCCC2)CC1)NC1CCCCCCC1. The number of hydrogen-bond acceptors (Lipinski definition) is 3. The fraction of sp³-hybridized carbons (Fsp3) is 0.905. The molecule has 0 bridgehead atoms. The summed E-state index contributed by atoms with van der Waals surface area (Å²) in [5.74, 6) is 0.720. The molecule has 0 atom stereocenters. The van der Waals surface area contributed by atoms with Gasteiger partial charge in [-0.15, -0.1) is 0 Å². The summed E-state index contributed by atoms with van der Waals surface area (Å²) in [5.41, 5.74) is 0. The summed E-state index contributed by atoms with van der Waals surface area (Å²) < 4.78 is 0. The molecule has 3 rings (SSSR count). The number of nitrogens with one attached hydrogen (secondary N) is 1. The van der Waals surface area contributed by atoms with E-state index in [9.17, 15) is 9.59 Å². The van der Waals surface area contributed by atoms with Crippen molar-refractivity contribution in [2.45, 2.75) is 83.1 Å². The third kappa shape index (κ3) is 5.97. The van der Waals surface area contributed by atoms with E-state index in [0.29, 0.717) is 18.5 Å². The second-order valence-corrected chi connectivity index (χ2v) is 8.55. The molecule has 0 aromatic heterocycles. The second kappa shape index (κ2) is 10.3. The summed E-state index contributed by atoms with van der Waals surface area (Å²) in [6.07, 6.45) is 14.1. The van der Waals surface area contributed by atoms with Crippen LogP contribution in [0.4, 0.5) is 0 Å². The number of piperidine rings is 2. The van der Waals surface area contributed by atoms with E-state index in [1.54, 1.807) is 0 Å². The summed E-state index contributed by atoms with van der Waals surface area (Å²) >= 11 is 0. The summed E-state index contributed by atoms with van der Waals surface area (Å²) in [5, 5.41) is 3.26. The number of rotatable bonds is 4. The fourth-order valence-corrected chi connectivity index (χ4v) is 4.79. The van der Waals surface area contributed by atoms with Crippen molar-refractivity contribution in [3.63, 3.8) is 0 Å². The number of hydrogen-bond donors (Lipinski definition) is 1. The monoisotopic (exact) mass is 363 g/mol. The van der Waals surface area contributed by atoms with Gasteiger partial charge in [-0.25, -0.2) is 0 Å². The van der Waals surface area contributed by atoms with E-state index in [1.165, 1.54) is 38.5 Å². The summed E-state index contributed by atoms with van der Waals surface area (Å²) in [6.45, 7) is 4.15. The van der Waals surface area contributed by atoms with Crippen LogP contribution in [0.15, 0.2) is 0 Å². The van der Waals surface area contributed by atoms with Gasteiger partial charge in [0.05, 0.1) is 6.54 Å². The molecule has 2 amide bonds. The van der Waals surface area contributed by atoms with Crippen LogP contribution in [0.25, 0.3) is 0 Å². The van der Waals surface area contributed by atoms with Gasteiger partial charge >= 0.3 is 0 Å². The van der Waals surface area contributed by atoms with Gasteiger partial charge in [-0.05, 0) is 58.0 Å². The Morgan fingerprint density at radius 1 is 0.731 bits per heavy atom. The molecule has 2 saturated heterocycles. The molecule has 2 aliphatic heterocycles. The van der Waals surface area contributed by atoms with E-state index in [0.717, 1.165) is 64.7 Å². The zero-order chi connectivity index (χ0) is 18.2. The van der Waals surface area contributed by atoms with Crippen molar-refractivity contribution in [1.29, 1.82) is 0 Å². The van der Waals surface area contributed by atoms with Crippen LogP contribution < -0.4 is 5.32 Å². The smallest absolute Gasteiger partial charge is 0.234 e. The Hall–Kier alpha value is -1.10. The first-order valence-electron chi connectivity index (χ1n) is 11.0. The second-order valence-electron chi connectivity index (χ2n) is 8.55. The Kier molecular flexibility index (Phi) is 7.78. The topological polar surface area (TPSA) is 52.7 Å². The van der Waals surface area contributed by atoms with E-state index >= 15 is 0 Å². The van der Waals surface area contributed by atoms with Crippen LogP contribution in [0, 0.1) is 5.92 Å². The molecular formula is C21H37N3O2. The first kappa shape index (κ1) is 19.7. The van der Waals surface area contributed by atoms with Crippen LogP contribution in [0.3, 0.4) is 0 Å². The lowest BCUT2D eigenvalue weighted by atomic mass is 9.94. The molecule has 1 aliphatic carbocycles. The average Bonchev–Trinajstić information content (AvgIpc) is 2.64. The van der Waals surface area contributed by atoms with Gasteiger partial charge in [-0.2, -0.15) is 0 Å². The third-order valence-corrected chi connectivity index (χ3v) is 6.44. The molecule has 0 aromatic rings. The molecule has 148 valence electrons. The number of carbonyl (C=O) groups excluding carboxylic acids is 2. The first-order valence-corrected chi connectivity index (χ1v) is 11.0. The van der Waals surface area contributed by atoms with Crippen LogP contribution in [-0.4, -0.2) is 60.4 Å². The average molecular weight is 364 g/mol. The predicted octanol–water partition coefficient (Wildman–Crippen LogP) is 2.94. The maximum Gasteiger partial charge on any atom is 0.234 e. The van der Waals surface area contributed by atoms with Gasteiger partial charge in [-0.3, -0.25) is 14.5 Å². The zero-order valence-electron chi connectivity index (χ0n) is 16.4. The molecule has 5 heteroatoms. The molecule has 0 unspecified atom stereocenters. The van der Waals surface area contributed by atoms with E-state index in [2.05, 4.69) is 15.1 Å². The predicted molar refractivity (Wildman–Crippen MR) is 104 cm³/mol. The van der Waals surface area contributed by atoms with Crippen LogP contribution in [0.2, 0.25) is 0 Å². The van der Waals surface area contributed by atoms with Crippen molar-refractivity contribution >= 4 is 11.8 Å². The molecule has 3 fully saturated rings. The summed E-state index contributed by atoms with van der Waals surface area (Å²) in [4.78, 5) is 29.4. The highest BCUT2D eigenvalue weighted by Crippen LogP contribution is 2.22. The summed E-state index contributed by atoms with van der Waals surface area (Å²) in [6, 6.07) is 0.376. The van der Waals surface area contributed by atoms with E-state index in [-0.39, 0.29) is 11.8 Å². The largest absolute Gasteiger partial charge is 0.352 e. The van der Waals surface area contributed by atoms with Crippen molar-refractivity contribution in [1.82, 2.24) is 15.1 Å². The lowest BCUT2D eigenvalue weighted by Gasteiger charge is -2.35. The van der Waals surface area contributed by atoms with Crippen LogP contribution in [0.5, 0.6) is 0 Å². The highest BCUT2D eigenvalue weighted by atomic mass is 16.2. The summed E-state index contributed by atoms with van der Waals surface area (Å²) in [7, 11) is 0.